The molecule has 4 heteroatoms. The standard InChI is InChI=1S/C25H25N3O/c1-25(2)20-13-17(16-8-10-27-11-9-16)5-7-18(20)23(29)22-19-6-4-15(14-26)12-21(19)28(3)24(22)25/h4-7,12-13,16,27H,8-11H2,1-3H3. The predicted octanol–water partition coefficient (Wildman–Crippen LogP) is 4.39. The Morgan fingerprint density at radius 1 is 1.14 bits per heavy atom. The Morgan fingerprint density at radius 3 is 2.62 bits per heavy atom. The van der Waals surface area contributed by atoms with Crippen molar-refractivity contribution in [2.45, 2.75) is 38.0 Å². The molecule has 3 aromatic rings. The largest absolute Gasteiger partial charge is 0.346 e. The highest BCUT2D eigenvalue weighted by Gasteiger charge is 2.41. The van der Waals surface area contributed by atoms with E-state index in [1.807, 2.05) is 25.2 Å². The molecule has 29 heavy (non-hydrogen) atoms. The van der Waals surface area contributed by atoms with Gasteiger partial charge in [0.05, 0.1) is 22.7 Å². The number of carbonyl (C=O) groups is 1. The summed E-state index contributed by atoms with van der Waals surface area (Å²) in [5.41, 5.74) is 6.40. The minimum Gasteiger partial charge on any atom is -0.346 e. The van der Waals surface area contributed by atoms with Gasteiger partial charge in [0.25, 0.3) is 0 Å². The number of hydrogen-bond donors (Lipinski definition) is 1. The normalized spacial score (nSPS) is 18.3. The molecule has 0 amide bonds. The van der Waals surface area contributed by atoms with Crippen molar-refractivity contribution >= 4 is 16.7 Å². The van der Waals surface area contributed by atoms with Gasteiger partial charge in [0.15, 0.2) is 5.78 Å². The Balaban J connectivity index is 1.73. The Kier molecular flexibility index (Phi) is 3.94. The average molecular weight is 383 g/mol. The highest BCUT2D eigenvalue weighted by molar-refractivity contribution is 6.20. The van der Waals surface area contributed by atoms with Crippen molar-refractivity contribution in [3.63, 3.8) is 0 Å². The minimum absolute atomic E-state index is 0.0986. The third-order valence-corrected chi connectivity index (χ3v) is 6.92. The van der Waals surface area contributed by atoms with Crippen LogP contribution in [0.5, 0.6) is 0 Å². The summed E-state index contributed by atoms with van der Waals surface area (Å²) in [6.45, 7) is 6.54. The van der Waals surface area contributed by atoms with Crippen LogP contribution in [0.15, 0.2) is 36.4 Å². The molecule has 1 aromatic heterocycles. The molecule has 1 N–H and O–H groups in total. The average Bonchev–Trinajstić information content (AvgIpc) is 3.05. The summed E-state index contributed by atoms with van der Waals surface area (Å²) in [6, 6.07) is 14.3. The number of aromatic nitrogens is 1. The number of nitriles is 1. The number of carbonyl (C=O) groups excluding carboxylic acids is 1. The number of piperidine rings is 1. The molecule has 4 nitrogen and oxygen atoms in total. The third kappa shape index (κ3) is 2.51. The van der Waals surface area contributed by atoms with Crippen molar-refractivity contribution in [1.82, 2.24) is 9.88 Å². The van der Waals surface area contributed by atoms with E-state index >= 15 is 0 Å². The van der Waals surface area contributed by atoms with Gasteiger partial charge >= 0.3 is 0 Å². The predicted molar refractivity (Wildman–Crippen MR) is 114 cm³/mol. The molecule has 1 aliphatic heterocycles. The molecule has 0 radical (unpaired) electrons. The third-order valence-electron chi connectivity index (χ3n) is 6.92. The molecule has 5 rings (SSSR count). The monoisotopic (exact) mass is 383 g/mol. The van der Waals surface area contributed by atoms with Crippen LogP contribution in [0.4, 0.5) is 0 Å². The van der Waals surface area contributed by atoms with Gasteiger partial charge in [0.1, 0.15) is 0 Å². The Bertz CT molecular complexity index is 1200. The van der Waals surface area contributed by atoms with Gasteiger partial charge in [-0.3, -0.25) is 4.79 Å². The van der Waals surface area contributed by atoms with Gasteiger partial charge in [0.2, 0.25) is 0 Å². The van der Waals surface area contributed by atoms with Gasteiger partial charge < -0.3 is 9.88 Å². The van der Waals surface area contributed by atoms with Crippen LogP contribution in [-0.4, -0.2) is 23.4 Å². The lowest BCUT2D eigenvalue weighted by Gasteiger charge is -2.35. The van der Waals surface area contributed by atoms with E-state index in [1.54, 1.807) is 6.07 Å². The van der Waals surface area contributed by atoms with Crippen molar-refractivity contribution in [2.75, 3.05) is 13.1 Å². The summed E-state index contributed by atoms with van der Waals surface area (Å²) in [5.74, 6) is 0.654. The van der Waals surface area contributed by atoms with Gasteiger partial charge in [0, 0.05) is 29.1 Å². The number of aryl methyl sites for hydroxylation is 1. The van der Waals surface area contributed by atoms with E-state index in [0.29, 0.717) is 11.5 Å². The molecule has 2 aromatic carbocycles. The quantitative estimate of drug-likeness (QED) is 0.678. The zero-order valence-corrected chi connectivity index (χ0v) is 17.2. The molecule has 0 unspecified atom stereocenters. The maximum Gasteiger partial charge on any atom is 0.195 e. The van der Waals surface area contributed by atoms with Crippen LogP contribution in [0.1, 0.15) is 70.9 Å². The first kappa shape index (κ1) is 18.1. The fourth-order valence-corrected chi connectivity index (χ4v) is 5.42. The van der Waals surface area contributed by atoms with Crippen LogP contribution >= 0.6 is 0 Å². The number of ketones is 1. The van der Waals surface area contributed by atoms with Crippen LogP contribution in [0.3, 0.4) is 0 Å². The lowest BCUT2D eigenvalue weighted by Crippen LogP contribution is -2.32. The fraction of sp³-hybridized carbons (Fsp3) is 0.360. The van der Waals surface area contributed by atoms with E-state index in [-0.39, 0.29) is 11.2 Å². The highest BCUT2D eigenvalue weighted by atomic mass is 16.1. The van der Waals surface area contributed by atoms with Crippen LogP contribution in [0.25, 0.3) is 10.9 Å². The van der Waals surface area contributed by atoms with Crippen molar-refractivity contribution in [2.24, 2.45) is 7.05 Å². The highest BCUT2D eigenvalue weighted by Crippen LogP contribution is 2.46. The molecule has 0 atom stereocenters. The first-order valence-electron chi connectivity index (χ1n) is 10.4. The Labute approximate surface area is 171 Å². The summed E-state index contributed by atoms with van der Waals surface area (Å²) in [5, 5.41) is 13.7. The molecule has 0 spiro atoms. The lowest BCUT2D eigenvalue weighted by molar-refractivity contribution is 0.103. The van der Waals surface area contributed by atoms with Gasteiger partial charge in [-0.15, -0.1) is 0 Å². The molecule has 1 saturated heterocycles. The Morgan fingerprint density at radius 2 is 1.90 bits per heavy atom. The van der Waals surface area contributed by atoms with Crippen molar-refractivity contribution in [1.29, 1.82) is 5.26 Å². The van der Waals surface area contributed by atoms with Crippen molar-refractivity contribution in [3.05, 3.63) is 69.9 Å². The van der Waals surface area contributed by atoms with Gasteiger partial charge in [-0.05, 0) is 55.1 Å². The smallest absolute Gasteiger partial charge is 0.195 e. The second-order valence-electron chi connectivity index (χ2n) is 8.91. The van der Waals surface area contributed by atoms with E-state index in [4.69, 9.17) is 0 Å². The van der Waals surface area contributed by atoms with E-state index in [1.165, 1.54) is 5.56 Å². The number of fused-ring (bicyclic) bond motifs is 4. The van der Waals surface area contributed by atoms with E-state index < -0.39 is 0 Å². The second kappa shape index (κ2) is 6.30. The fourth-order valence-electron chi connectivity index (χ4n) is 5.42. The van der Waals surface area contributed by atoms with Crippen LogP contribution < -0.4 is 5.32 Å². The van der Waals surface area contributed by atoms with Gasteiger partial charge in [-0.2, -0.15) is 5.26 Å². The van der Waals surface area contributed by atoms with E-state index in [9.17, 15) is 10.1 Å². The van der Waals surface area contributed by atoms with Gasteiger partial charge in [-0.25, -0.2) is 0 Å². The van der Waals surface area contributed by atoms with Crippen LogP contribution in [0.2, 0.25) is 0 Å². The Hall–Kier alpha value is -2.90. The topological polar surface area (TPSA) is 57.8 Å². The molecule has 1 fully saturated rings. The molecule has 0 saturated carbocycles. The zero-order chi connectivity index (χ0) is 20.3. The molecular formula is C25H25N3O. The lowest BCUT2D eigenvalue weighted by atomic mass is 9.70. The SMILES string of the molecule is Cn1c2c(c3ccc(C#N)cc31)C(=O)c1ccc(C3CCNCC3)cc1C2(C)C. The molecule has 2 heterocycles. The second-order valence-corrected chi connectivity index (χ2v) is 8.91. The van der Waals surface area contributed by atoms with Crippen molar-refractivity contribution < 1.29 is 4.79 Å². The van der Waals surface area contributed by atoms with Crippen molar-refractivity contribution in [3.8, 4) is 6.07 Å². The summed E-state index contributed by atoms with van der Waals surface area (Å²) < 4.78 is 2.11. The van der Waals surface area contributed by atoms with E-state index in [2.05, 4.69) is 41.9 Å². The zero-order valence-electron chi connectivity index (χ0n) is 17.2. The van der Waals surface area contributed by atoms with E-state index in [0.717, 1.165) is 59.2 Å². The molecule has 1 aliphatic carbocycles. The number of benzene rings is 2. The summed E-state index contributed by atoms with van der Waals surface area (Å²) in [7, 11) is 2.01. The summed E-state index contributed by atoms with van der Waals surface area (Å²) in [4.78, 5) is 13.6. The molecular weight excluding hydrogens is 358 g/mol. The first-order valence-corrected chi connectivity index (χ1v) is 10.4. The number of rotatable bonds is 1. The van der Waals surface area contributed by atoms with Gasteiger partial charge in [-0.1, -0.05) is 38.1 Å². The maximum atomic E-state index is 13.6. The maximum absolute atomic E-state index is 13.6. The number of nitrogens with one attached hydrogen (secondary N) is 1. The molecule has 2 aliphatic rings. The van der Waals surface area contributed by atoms with Crippen LogP contribution in [-0.2, 0) is 12.5 Å². The minimum atomic E-state index is -0.290. The number of hydrogen-bond acceptors (Lipinski definition) is 3. The molecule has 0 bridgehead atoms. The first-order chi connectivity index (χ1) is 13.9. The summed E-state index contributed by atoms with van der Waals surface area (Å²) in [6.07, 6.45) is 2.28. The summed E-state index contributed by atoms with van der Waals surface area (Å²) >= 11 is 0. The van der Waals surface area contributed by atoms with Crippen LogP contribution in [0, 0.1) is 11.3 Å². The molecule has 146 valence electrons. The number of nitrogens with zero attached hydrogens (tertiary/aromatic N) is 2.